The Labute approximate surface area is 116 Å². The molecule has 106 valence electrons. The number of rotatable bonds is 6. The minimum Gasteiger partial charge on any atom is -0.317 e. The van der Waals surface area contributed by atoms with Crippen LogP contribution in [0.3, 0.4) is 0 Å². The number of hydrogen-bond donors (Lipinski definition) is 1. The molecule has 1 N–H and O–H groups in total. The van der Waals surface area contributed by atoms with Crippen LogP contribution < -0.4 is 5.32 Å². The van der Waals surface area contributed by atoms with Gasteiger partial charge in [0.1, 0.15) is 5.82 Å². The van der Waals surface area contributed by atoms with Gasteiger partial charge in [-0.2, -0.15) is 0 Å². The van der Waals surface area contributed by atoms with Crippen molar-refractivity contribution in [1.82, 2.24) is 10.2 Å². The van der Waals surface area contributed by atoms with Crippen LogP contribution >= 0.6 is 0 Å². The van der Waals surface area contributed by atoms with Crippen molar-refractivity contribution in [2.45, 2.75) is 32.7 Å². The van der Waals surface area contributed by atoms with Crippen LogP contribution in [0.5, 0.6) is 0 Å². The Hall–Kier alpha value is -0.930. The largest absolute Gasteiger partial charge is 0.317 e. The van der Waals surface area contributed by atoms with E-state index in [4.69, 9.17) is 0 Å². The van der Waals surface area contributed by atoms with E-state index in [1.54, 1.807) is 12.1 Å². The molecule has 0 amide bonds. The molecule has 1 aromatic rings. The minimum absolute atomic E-state index is 0.147. The van der Waals surface area contributed by atoms with E-state index >= 15 is 0 Å². The molecular formula is C16H25FN2. The summed E-state index contributed by atoms with van der Waals surface area (Å²) in [4.78, 5) is 2.48. The normalized spacial score (nSPS) is 17.8. The number of benzene rings is 1. The van der Waals surface area contributed by atoms with Crippen LogP contribution in [0.1, 0.15) is 31.7 Å². The number of hydrogen-bond acceptors (Lipinski definition) is 2. The molecule has 1 heterocycles. The van der Waals surface area contributed by atoms with E-state index in [9.17, 15) is 4.39 Å². The summed E-state index contributed by atoms with van der Waals surface area (Å²) in [6, 6.07) is 6.90. The molecule has 0 spiro atoms. The van der Waals surface area contributed by atoms with E-state index < -0.39 is 0 Å². The molecule has 0 unspecified atom stereocenters. The molecule has 1 fully saturated rings. The first kappa shape index (κ1) is 14.5. The summed E-state index contributed by atoms with van der Waals surface area (Å²) < 4.78 is 12.8. The Balaban J connectivity index is 1.69. The van der Waals surface area contributed by atoms with E-state index in [-0.39, 0.29) is 5.82 Å². The maximum absolute atomic E-state index is 12.8. The van der Waals surface area contributed by atoms with E-state index in [1.807, 2.05) is 12.1 Å². The second-order valence-corrected chi connectivity index (χ2v) is 5.49. The highest BCUT2D eigenvalue weighted by molar-refractivity contribution is 5.15. The fourth-order valence-corrected chi connectivity index (χ4v) is 2.76. The van der Waals surface area contributed by atoms with Gasteiger partial charge in [0.15, 0.2) is 0 Å². The highest BCUT2D eigenvalue weighted by atomic mass is 19.1. The molecule has 2 nitrogen and oxygen atoms in total. The third-order valence-electron chi connectivity index (χ3n) is 4.01. The second-order valence-electron chi connectivity index (χ2n) is 5.49. The zero-order valence-corrected chi connectivity index (χ0v) is 11.9. The highest BCUT2D eigenvalue weighted by Gasteiger charge is 2.18. The third kappa shape index (κ3) is 4.92. The van der Waals surface area contributed by atoms with Crippen molar-refractivity contribution < 1.29 is 4.39 Å². The van der Waals surface area contributed by atoms with Crippen molar-refractivity contribution in [2.24, 2.45) is 5.92 Å². The minimum atomic E-state index is -0.147. The van der Waals surface area contributed by atoms with Gasteiger partial charge in [0.2, 0.25) is 0 Å². The average molecular weight is 264 g/mol. The van der Waals surface area contributed by atoms with E-state index in [1.165, 1.54) is 37.9 Å². The second kappa shape index (κ2) is 7.61. The van der Waals surface area contributed by atoms with Gasteiger partial charge in [-0.05, 0) is 69.1 Å². The molecule has 0 aliphatic carbocycles. The molecule has 0 saturated carbocycles. The number of nitrogens with one attached hydrogen (secondary N) is 1. The van der Waals surface area contributed by atoms with Crippen molar-refractivity contribution in [3.05, 3.63) is 35.6 Å². The predicted molar refractivity (Wildman–Crippen MR) is 77.6 cm³/mol. The van der Waals surface area contributed by atoms with Gasteiger partial charge < -0.3 is 5.32 Å². The topological polar surface area (TPSA) is 15.3 Å². The lowest BCUT2D eigenvalue weighted by molar-refractivity contribution is 0.172. The Bertz CT molecular complexity index is 356. The molecule has 0 radical (unpaired) electrons. The summed E-state index contributed by atoms with van der Waals surface area (Å²) >= 11 is 0. The number of likely N-dealkylation sites (tertiary alicyclic amines) is 1. The van der Waals surface area contributed by atoms with Crippen molar-refractivity contribution in [1.29, 1.82) is 0 Å². The quantitative estimate of drug-likeness (QED) is 0.795. The van der Waals surface area contributed by atoms with Gasteiger partial charge in [0, 0.05) is 6.54 Å². The predicted octanol–water partition coefficient (Wildman–Crippen LogP) is 3.04. The van der Waals surface area contributed by atoms with Crippen molar-refractivity contribution >= 4 is 0 Å². The number of piperidine rings is 1. The molecule has 1 aliphatic heterocycles. The van der Waals surface area contributed by atoms with Gasteiger partial charge in [-0.3, -0.25) is 4.90 Å². The van der Waals surface area contributed by atoms with Crippen LogP contribution in [0.2, 0.25) is 0 Å². The molecule has 0 bridgehead atoms. The summed E-state index contributed by atoms with van der Waals surface area (Å²) in [6.45, 7) is 7.69. The molecule has 1 saturated heterocycles. The zero-order chi connectivity index (χ0) is 13.5. The van der Waals surface area contributed by atoms with Crippen molar-refractivity contribution in [3.63, 3.8) is 0 Å². The van der Waals surface area contributed by atoms with Crippen molar-refractivity contribution in [3.8, 4) is 0 Å². The van der Waals surface area contributed by atoms with E-state index in [0.717, 1.165) is 25.6 Å². The molecule has 19 heavy (non-hydrogen) atoms. The van der Waals surface area contributed by atoms with Crippen molar-refractivity contribution in [2.75, 3.05) is 26.2 Å². The van der Waals surface area contributed by atoms with Crippen LogP contribution in [-0.2, 0) is 6.54 Å². The molecule has 0 atom stereocenters. The lowest BCUT2D eigenvalue weighted by Gasteiger charge is -2.32. The maximum atomic E-state index is 12.8. The zero-order valence-electron chi connectivity index (χ0n) is 11.9. The fraction of sp³-hybridized carbons (Fsp3) is 0.625. The summed E-state index contributed by atoms with van der Waals surface area (Å²) in [7, 11) is 0. The van der Waals surface area contributed by atoms with Crippen LogP contribution in [0.25, 0.3) is 0 Å². The standard InChI is InChI=1S/C16H25FN2/c1-2-18-10-7-14-8-11-19(12-9-14)13-15-3-5-16(17)6-4-15/h3-6,14,18H,2,7-13H2,1H3. The smallest absolute Gasteiger partial charge is 0.123 e. The Kier molecular flexibility index (Phi) is 5.80. The Morgan fingerprint density at radius 1 is 1.21 bits per heavy atom. The lowest BCUT2D eigenvalue weighted by atomic mass is 9.93. The molecule has 3 heteroatoms. The Morgan fingerprint density at radius 3 is 2.53 bits per heavy atom. The van der Waals surface area contributed by atoms with Gasteiger partial charge in [-0.15, -0.1) is 0 Å². The third-order valence-corrected chi connectivity index (χ3v) is 4.01. The molecule has 1 aliphatic rings. The first-order valence-corrected chi connectivity index (χ1v) is 7.45. The molecule has 0 aromatic heterocycles. The van der Waals surface area contributed by atoms with Crippen LogP contribution in [0.4, 0.5) is 4.39 Å². The summed E-state index contributed by atoms with van der Waals surface area (Å²) in [6.07, 6.45) is 3.90. The molecule has 2 rings (SSSR count). The Morgan fingerprint density at radius 2 is 1.89 bits per heavy atom. The fourth-order valence-electron chi connectivity index (χ4n) is 2.76. The van der Waals surface area contributed by atoms with Gasteiger partial charge in [0.05, 0.1) is 0 Å². The van der Waals surface area contributed by atoms with Gasteiger partial charge >= 0.3 is 0 Å². The maximum Gasteiger partial charge on any atom is 0.123 e. The lowest BCUT2D eigenvalue weighted by Crippen LogP contribution is -2.34. The van der Waals surface area contributed by atoms with Gasteiger partial charge in [-0.1, -0.05) is 19.1 Å². The van der Waals surface area contributed by atoms with Crippen LogP contribution in [0.15, 0.2) is 24.3 Å². The SMILES string of the molecule is CCNCCC1CCN(Cc2ccc(F)cc2)CC1. The monoisotopic (exact) mass is 264 g/mol. The number of nitrogens with zero attached hydrogens (tertiary/aromatic N) is 1. The first-order chi connectivity index (χ1) is 9.28. The summed E-state index contributed by atoms with van der Waals surface area (Å²) in [5.41, 5.74) is 1.22. The van der Waals surface area contributed by atoms with Gasteiger partial charge in [-0.25, -0.2) is 4.39 Å². The van der Waals surface area contributed by atoms with Gasteiger partial charge in [0.25, 0.3) is 0 Å². The van der Waals surface area contributed by atoms with E-state index in [0.29, 0.717) is 0 Å². The summed E-state index contributed by atoms with van der Waals surface area (Å²) in [5, 5.41) is 3.40. The van der Waals surface area contributed by atoms with Crippen LogP contribution in [0, 0.1) is 11.7 Å². The molecule has 1 aromatic carbocycles. The summed E-state index contributed by atoms with van der Waals surface area (Å²) in [5.74, 6) is 0.731. The highest BCUT2D eigenvalue weighted by Crippen LogP contribution is 2.21. The first-order valence-electron chi connectivity index (χ1n) is 7.45. The molecular weight excluding hydrogens is 239 g/mol. The van der Waals surface area contributed by atoms with Crippen LogP contribution in [-0.4, -0.2) is 31.1 Å². The number of halogens is 1. The average Bonchev–Trinajstić information content (AvgIpc) is 2.44. The van der Waals surface area contributed by atoms with E-state index in [2.05, 4.69) is 17.1 Å².